The lowest BCUT2D eigenvalue weighted by molar-refractivity contribution is -0.00438. The average molecular weight is 228 g/mol. The van der Waals surface area contributed by atoms with Gasteiger partial charge >= 0.3 is 6.01 Å². The van der Waals surface area contributed by atoms with Crippen molar-refractivity contribution in [3.05, 3.63) is 36.4 Å². The predicted molar refractivity (Wildman–Crippen MR) is 63.5 cm³/mol. The van der Waals surface area contributed by atoms with Crippen molar-refractivity contribution in [3.63, 3.8) is 0 Å². The van der Waals surface area contributed by atoms with Crippen LogP contribution in [0.15, 0.2) is 40.8 Å². The second-order valence-electron chi connectivity index (χ2n) is 4.46. The van der Waals surface area contributed by atoms with Crippen LogP contribution in [0.4, 0.5) is 6.01 Å². The largest absolute Gasteiger partial charge is 0.422 e. The number of rotatable bonds is 1. The zero-order valence-electron chi connectivity index (χ0n) is 9.24. The molecule has 0 spiro atoms. The van der Waals surface area contributed by atoms with Crippen LogP contribution >= 0.6 is 0 Å². The van der Waals surface area contributed by atoms with E-state index in [4.69, 9.17) is 9.25 Å². The number of nitrogens with zero attached hydrogens (tertiary/aromatic N) is 2. The molecule has 2 bridgehead atoms. The Hall–Kier alpha value is -1.81. The highest BCUT2D eigenvalue weighted by molar-refractivity contribution is 5.74. The van der Waals surface area contributed by atoms with E-state index in [-0.39, 0.29) is 12.1 Å². The van der Waals surface area contributed by atoms with Crippen molar-refractivity contribution >= 4 is 17.1 Å². The maximum Gasteiger partial charge on any atom is 0.323 e. The fraction of sp³-hybridized carbons (Fsp3) is 0.308. The van der Waals surface area contributed by atoms with Crippen LogP contribution in [-0.4, -0.2) is 17.1 Å². The highest BCUT2D eigenvalue weighted by Crippen LogP contribution is 2.33. The van der Waals surface area contributed by atoms with Gasteiger partial charge in [-0.15, -0.1) is 0 Å². The topological polar surface area (TPSA) is 38.5 Å². The minimum atomic E-state index is 0.176. The lowest BCUT2D eigenvalue weighted by Gasteiger charge is -2.39. The molecule has 86 valence electrons. The second kappa shape index (κ2) is 3.34. The monoisotopic (exact) mass is 228 g/mol. The van der Waals surface area contributed by atoms with Crippen molar-refractivity contribution in [1.29, 1.82) is 0 Å². The number of para-hydroxylation sites is 2. The maximum atomic E-state index is 5.79. The first-order valence-corrected chi connectivity index (χ1v) is 5.90. The zero-order chi connectivity index (χ0) is 11.2. The molecule has 2 aromatic rings. The van der Waals surface area contributed by atoms with E-state index in [2.05, 4.69) is 17.1 Å². The van der Waals surface area contributed by atoms with Crippen molar-refractivity contribution < 1.29 is 9.25 Å². The van der Waals surface area contributed by atoms with Crippen LogP contribution in [0.2, 0.25) is 0 Å². The number of fused-ring (bicyclic) bond motifs is 3. The molecule has 1 fully saturated rings. The molecule has 1 aromatic heterocycles. The highest BCUT2D eigenvalue weighted by Gasteiger charge is 2.33. The van der Waals surface area contributed by atoms with E-state index in [0.29, 0.717) is 6.01 Å². The number of benzene rings is 1. The Labute approximate surface area is 98.4 Å². The molecule has 0 saturated carbocycles. The molecule has 4 heteroatoms. The van der Waals surface area contributed by atoms with Gasteiger partial charge in [0.25, 0.3) is 0 Å². The third-order valence-corrected chi connectivity index (χ3v) is 3.32. The Morgan fingerprint density at radius 2 is 2.12 bits per heavy atom. The number of hydrogen-bond donors (Lipinski definition) is 0. The molecule has 0 N–H and O–H groups in total. The van der Waals surface area contributed by atoms with Gasteiger partial charge in [-0.3, -0.25) is 4.84 Å². The number of aromatic nitrogens is 1. The fourth-order valence-electron chi connectivity index (χ4n) is 2.43. The van der Waals surface area contributed by atoms with Gasteiger partial charge in [-0.25, -0.2) is 0 Å². The smallest absolute Gasteiger partial charge is 0.323 e. The SMILES string of the molecule is C1=CC2CCC1ON2c1nc2ccccc2o1. The summed E-state index contributed by atoms with van der Waals surface area (Å²) in [4.78, 5) is 10.2. The van der Waals surface area contributed by atoms with Gasteiger partial charge in [-0.1, -0.05) is 24.3 Å². The van der Waals surface area contributed by atoms with E-state index >= 15 is 0 Å². The van der Waals surface area contributed by atoms with Crippen LogP contribution in [0.1, 0.15) is 12.8 Å². The van der Waals surface area contributed by atoms with Crippen molar-refractivity contribution in [1.82, 2.24) is 4.98 Å². The van der Waals surface area contributed by atoms with Crippen LogP contribution in [-0.2, 0) is 4.84 Å². The highest BCUT2D eigenvalue weighted by atomic mass is 16.7. The molecule has 5 rings (SSSR count). The van der Waals surface area contributed by atoms with E-state index in [1.807, 2.05) is 24.3 Å². The summed E-state index contributed by atoms with van der Waals surface area (Å²) >= 11 is 0. The second-order valence-corrected chi connectivity index (χ2v) is 4.46. The molecule has 0 radical (unpaired) electrons. The third-order valence-electron chi connectivity index (χ3n) is 3.32. The molecule has 2 aliphatic heterocycles. The first kappa shape index (κ1) is 9.24. The van der Waals surface area contributed by atoms with Crippen molar-refractivity contribution in [2.45, 2.75) is 25.0 Å². The first-order chi connectivity index (χ1) is 8.40. The Balaban J connectivity index is 1.77. The van der Waals surface area contributed by atoms with Gasteiger partial charge in [-0.2, -0.15) is 10.0 Å². The summed E-state index contributed by atoms with van der Waals surface area (Å²) in [5.41, 5.74) is 1.67. The van der Waals surface area contributed by atoms with E-state index in [0.717, 1.165) is 23.9 Å². The molecule has 1 aliphatic carbocycles. The molecular formula is C13H12N2O2. The van der Waals surface area contributed by atoms with Gasteiger partial charge < -0.3 is 4.42 Å². The van der Waals surface area contributed by atoms with Gasteiger partial charge in [0.05, 0.1) is 6.04 Å². The van der Waals surface area contributed by atoms with E-state index in [1.54, 1.807) is 5.06 Å². The number of hydroxylamine groups is 1. The minimum absolute atomic E-state index is 0.176. The Morgan fingerprint density at radius 1 is 1.18 bits per heavy atom. The number of oxazole rings is 1. The molecular weight excluding hydrogens is 216 g/mol. The van der Waals surface area contributed by atoms with Gasteiger partial charge in [-0.05, 0) is 25.0 Å². The standard InChI is InChI=1S/C13H12N2O2/c1-2-4-12-11(3-1)14-13(16-12)15-9-5-7-10(17-15)8-6-9/h1-5,7,9-10H,6,8H2. The maximum absolute atomic E-state index is 5.79. The number of hydrogen-bond acceptors (Lipinski definition) is 4. The van der Waals surface area contributed by atoms with Gasteiger partial charge in [0.15, 0.2) is 5.58 Å². The Bertz CT molecular complexity index is 557. The first-order valence-electron chi connectivity index (χ1n) is 5.90. The summed E-state index contributed by atoms with van der Waals surface area (Å²) in [5.74, 6) is 0. The van der Waals surface area contributed by atoms with Gasteiger partial charge in [0.1, 0.15) is 11.6 Å². The van der Waals surface area contributed by atoms with Crippen LogP contribution in [0.25, 0.3) is 11.1 Å². The summed E-state index contributed by atoms with van der Waals surface area (Å²) in [7, 11) is 0. The Kier molecular flexibility index (Phi) is 1.82. The molecule has 0 amide bonds. The van der Waals surface area contributed by atoms with Gasteiger partial charge in [0.2, 0.25) is 0 Å². The molecule has 2 unspecified atom stereocenters. The minimum Gasteiger partial charge on any atom is -0.422 e. The predicted octanol–water partition coefficient (Wildman–Crippen LogP) is 2.67. The van der Waals surface area contributed by atoms with E-state index in [9.17, 15) is 0 Å². The lowest BCUT2D eigenvalue weighted by atomic mass is 9.99. The zero-order valence-corrected chi connectivity index (χ0v) is 9.24. The molecule has 17 heavy (non-hydrogen) atoms. The number of anilines is 1. The molecule has 4 nitrogen and oxygen atoms in total. The van der Waals surface area contributed by atoms with Crippen molar-refractivity contribution in [2.75, 3.05) is 5.06 Å². The van der Waals surface area contributed by atoms with Crippen LogP contribution in [0.3, 0.4) is 0 Å². The summed E-state index contributed by atoms with van der Waals surface area (Å²) in [6.45, 7) is 0. The van der Waals surface area contributed by atoms with E-state index < -0.39 is 0 Å². The lowest BCUT2D eigenvalue weighted by Crippen LogP contribution is -2.45. The van der Waals surface area contributed by atoms with Crippen molar-refractivity contribution in [3.8, 4) is 0 Å². The average Bonchev–Trinajstić information content (AvgIpc) is 2.83. The summed E-state index contributed by atoms with van der Waals surface area (Å²) in [6.07, 6.45) is 6.65. The van der Waals surface area contributed by atoms with E-state index in [1.165, 1.54) is 0 Å². The third kappa shape index (κ3) is 1.37. The summed E-state index contributed by atoms with van der Waals surface area (Å²) in [6, 6.07) is 8.58. The van der Waals surface area contributed by atoms with Crippen molar-refractivity contribution in [2.24, 2.45) is 0 Å². The fourth-order valence-corrected chi connectivity index (χ4v) is 2.43. The molecule has 1 aromatic carbocycles. The van der Waals surface area contributed by atoms with Crippen LogP contribution in [0, 0.1) is 0 Å². The van der Waals surface area contributed by atoms with Crippen LogP contribution < -0.4 is 5.06 Å². The summed E-state index contributed by atoms with van der Waals surface area (Å²) in [5, 5.41) is 1.80. The summed E-state index contributed by atoms with van der Waals surface area (Å²) < 4.78 is 5.72. The van der Waals surface area contributed by atoms with Gasteiger partial charge in [0, 0.05) is 0 Å². The Morgan fingerprint density at radius 3 is 2.82 bits per heavy atom. The van der Waals surface area contributed by atoms with Crippen LogP contribution in [0.5, 0.6) is 0 Å². The molecule has 2 atom stereocenters. The quantitative estimate of drug-likeness (QED) is 0.703. The molecule has 1 saturated heterocycles. The molecule has 3 aliphatic rings. The molecule has 3 heterocycles. The normalized spacial score (nSPS) is 26.9.